The molecule has 1 fully saturated rings. The van der Waals surface area contributed by atoms with Gasteiger partial charge in [-0.15, -0.1) is 0 Å². The van der Waals surface area contributed by atoms with Gasteiger partial charge in [-0.2, -0.15) is 0 Å². The van der Waals surface area contributed by atoms with E-state index in [-0.39, 0.29) is 0 Å². The van der Waals surface area contributed by atoms with Crippen molar-refractivity contribution in [2.24, 2.45) is 4.99 Å². The van der Waals surface area contributed by atoms with Gasteiger partial charge in [0.25, 0.3) is 0 Å². The van der Waals surface area contributed by atoms with Gasteiger partial charge in [0.05, 0.1) is 0 Å². The number of hydrogen-bond acceptors (Lipinski definition) is 1. The molecule has 0 saturated heterocycles. The minimum Gasteiger partial charge on any atom is -0.356 e. The summed E-state index contributed by atoms with van der Waals surface area (Å²) in [6.07, 6.45) is 7.66. The van der Waals surface area contributed by atoms with Gasteiger partial charge in [-0.05, 0) is 31.7 Å². The zero-order chi connectivity index (χ0) is 14.2. The first kappa shape index (κ1) is 14.9. The molecule has 0 atom stereocenters. The maximum Gasteiger partial charge on any atom is 0.191 e. The highest BCUT2D eigenvalue weighted by atomic mass is 15.2. The molecule has 0 amide bonds. The highest BCUT2D eigenvalue weighted by Crippen LogP contribution is 2.17. The average molecular weight is 273 g/mol. The number of guanidine groups is 1. The molecule has 0 bridgehead atoms. The molecule has 110 valence electrons. The van der Waals surface area contributed by atoms with Crippen molar-refractivity contribution in [1.82, 2.24) is 10.6 Å². The van der Waals surface area contributed by atoms with Crippen LogP contribution in [0, 0.1) is 6.92 Å². The van der Waals surface area contributed by atoms with E-state index in [2.05, 4.69) is 46.8 Å². The minimum absolute atomic E-state index is 0.605. The Morgan fingerprint density at radius 3 is 2.75 bits per heavy atom. The van der Waals surface area contributed by atoms with Gasteiger partial charge in [0.1, 0.15) is 0 Å². The average Bonchev–Trinajstić information content (AvgIpc) is 2.47. The van der Waals surface area contributed by atoms with E-state index in [1.165, 1.54) is 43.2 Å². The molecule has 0 radical (unpaired) electrons. The second kappa shape index (κ2) is 7.93. The first-order valence-electron chi connectivity index (χ1n) is 7.80. The molecule has 2 N–H and O–H groups in total. The number of nitrogens with one attached hydrogen (secondary N) is 2. The molecule has 1 aromatic carbocycles. The third-order valence-corrected chi connectivity index (χ3v) is 3.96. The molecule has 1 aromatic rings. The standard InChI is InChI=1S/C17H27N3/c1-14-7-6-8-15(13-14)11-12-19-17(18-2)20-16-9-4-3-5-10-16/h6-8,13,16H,3-5,9-12H2,1-2H3,(H2,18,19,20). The minimum atomic E-state index is 0.605. The van der Waals surface area contributed by atoms with E-state index >= 15 is 0 Å². The van der Waals surface area contributed by atoms with Crippen LogP contribution in [0.25, 0.3) is 0 Å². The zero-order valence-electron chi connectivity index (χ0n) is 12.8. The molecule has 0 aliphatic heterocycles. The van der Waals surface area contributed by atoms with E-state index < -0.39 is 0 Å². The van der Waals surface area contributed by atoms with Crippen LogP contribution in [-0.4, -0.2) is 25.6 Å². The zero-order valence-corrected chi connectivity index (χ0v) is 12.8. The van der Waals surface area contributed by atoms with Crippen LogP contribution in [0.4, 0.5) is 0 Å². The molecule has 0 unspecified atom stereocenters. The molecule has 3 heteroatoms. The lowest BCUT2D eigenvalue weighted by Gasteiger charge is -2.24. The van der Waals surface area contributed by atoms with Gasteiger partial charge in [-0.1, -0.05) is 49.1 Å². The largest absolute Gasteiger partial charge is 0.356 e. The second-order valence-electron chi connectivity index (χ2n) is 5.72. The molecule has 1 saturated carbocycles. The summed E-state index contributed by atoms with van der Waals surface area (Å²) in [5, 5.41) is 6.97. The van der Waals surface area contributed by atoms with E-state index in [9.17, 15) is 0 Å². The van der Waals surface area contributed by atoms with Crippen molar-refractivity contribution in [3.63, 3.8) is 0 Å². The van der Waals surface area contributed by atoms with Gasteiger partial charge in [0.15, 0.2) is 5.96 Å². The summed E-state index contributed by atoms with van der Waals surface area (Å²) >= 11 is 0. The fraction of sp³-hybridized carbons (Fsp3) is 0.588. The van der Waals surface area contributed by atoms with E-state index in [0.29, 0.717) is 6.04 Å². The van der Waals surface area contributed by atoms with Gasteiger partial charge in [-0.25, -0.2) is 0 Å². The van der Waals surface area contributed by atoms with E-state index in [1.807, 2.05) is 7.05 Å². The molecular weight excluding hydrogens is 246 g/mol. The van der Waals surface area contributed by atoms with Gasteiger partial charge in [-0.3, -0.25) is 4.99 Å². The van der Waals surface area contributed by atoms with E-state index in [1.54, 1.807) is 0 Å². The molecule has 2 rings (SSSR count). The topological polar surface area (TPSA) is 36.4 Å². The first-order valence-corrected chi connectivity index (χ1v) is 7.80. The highest BCUT2D eigenvalue weighted by molar-refractivity contribution is 5.79. The van der Waals surface area contributed by atoms with Crippen LogP contribution < -0.4 is 10.6 Å². The summed E-state index contributed by atoms with van der Waals surface area (Å²) in [5.41, 5.74) is 2.71. The van der Waals surface area contributed by atoms with Crippen LogP contribution in [0.5, 0.6) is 0 Å². The Balaban J connectivity index is 1.73. The third-order valence-electron chi connectivity index (χ3n) is 3.96. The molecule has 1 aliphatic carbocycles. The van der Waals surface area contributed by atoms with E-state index in [4.69, 9.17) is 0 Å². The molecule has 1 aliphatic rings. The molecule has 3 nitrogen and oxygen atoms in total. The summed E-state index contributed by atoms with van der Waals surface area (Å²) in [4.78, 5) is 4.33. The normalized spacial score (nSPS) is 17.0. The summed E-state index contributed by atoms with van der Waals surface area (Å²) in [5.74, 6) is 0.949. The van der Waals surface area contributed by atoms with Gasteiger partial charge < -0.3 is 10.6 Å². The van der Waals surface area contributed by atoms with Crippen LogP contribution in [-0.2, 0) is 6.42 Å². The number of rotatable bonds is 4. The van der Waals surface area contributed by atoms with E-state index in [0.717, 1.165) is 18.9 Å². The van der Waals surface area contributed by atoms with Crippen molar-refractivity contribution in [1.29, 1.82) is 0 Å². The molecule has 0 heterocycles. The highest BCUT2D eigenvalue weighted by Gasteiger charge is 2.14. The lowest BCUT2D eigenvalue weighted by Crippen LogP contribution is -2.44. The monoisotopic (exact) mass is 273 g/mol. The molecule has 0 spiro atoms. The van der Waals surface area contributed by atoms with Crippen LogP contribution in [0.3, 0.4) is 0 Å². The summed E-state index contributed by atoms with van der Waals surface area (Å²) in [6.45, 7) is 3.07. The smallest absolute Gasteiger partial charge is 0.191 e. The number of nitrogens with zero attached hydrogens (tertiary/aromatic N) is 1. The lowest BCUT2D eigenvalue weighted by atomic mass is 9.96. The summed E-state index contributed by atoms with van der Waals surface area (Å²) < 4.78 is 0. The van der Waals surface area contributed by atoms with Crippen LogP contribution in [0.1, 0.15) is 43.2 Å². The fourth-order valence-electron chi connectivity index (χ4n) is 2.83. The molecule has 0 aromatic heterocycles. The molecule has 20 heavy (non-hydrogen) atoms. The fourth-order valence-corrected chi connectivity index (χ4v) is 2.83. The summed E-state index contributed by atoms with van der Waals surface area (Å²) in [6, 6.07) is 9.31. The van der Waals surface area contributed by atoms with Crippen LogP contribution >= 0.6 is 0 Å². The Kier molecular flexibility index (Phi) is 5.90. The second-order valence-corrected chi connectivity index (χ2v) is 5.72. The quantitative estimate of drug-likeness (QED) is 0.653. The number of benzene rings is 1. The maximum absolute atomic E-state index is 4.33. The lowest BCUT2D eigenvalue weighted by molar-refractivity contribution is 0.410. The third kappa shape index (κ3) is 4.87. The summed E-state index contributed by atoms with van der Waals surface area (Å²) in [7, 11) is 1.85. The van der Waals surface area contributed by atoms with Crippen LogP contribution in [0.2, 0.25) is 0 Å². The Morgan fingerprint density at radius 1 is 1.25 bits per heavy atom. The van der Waals surface area contributed by atoms with Gasteiger partial charge in [0.2, 0.25) is 0 Å². The van der Waals surface area contributed by atoms with Crippen molar-refractivity contribution in [2.75, 3.05) is 13.6 Å². The number of aliphatic imine (C=N–C) groups is 1. The Hall–Kier alpha value is -1.51. The van der Waals surface area contributed by atoms with Crippen molar-refractivity contribution in [2.45, 2.75) is 51.5 Å². The van der Waals surface area contributed by atoms with Crippen molar-refractivity contribution in [3.05, 3.63) is 35.4 Å². The SMILES string of the molecule is CN=C(NCCc1cccc(C)c1)NC1CCCCC1. The number of hydrogen-bond donors (Lipinski definition) is 2. The first-order chi connectivity index (χ1) is 9.78. The van der Waals surface area contributed by atoms with Gasteiger partial charge in [0, 0.05) is 19.6 Å². The number of aryl methyl sites for hydroxylation is 1. The molecular formula is C17H27N3. The maximum atomic E-state index is 4.33. The Bertz CT molecular complexity index is 434. The Labute approximate surface area is 122 Å². The predicted molar refractivity (Wildman–Crippen MR) is 86.3 cm³/mol. The van der Waals surface area contributed by atoms with Crippen molar-refractivity contribution >= 4 is 5.96 Å². The Morgan fingerprint density at radius 2 is 2.05 bits per heavy atom. The predicted octanol–water partition coefficient (Wildman–Crippen LogP) is 3.04. The van der Waals surface area contributed by atoms with Crippen LogP contribution in [0.15, 0.2) is 29.3 Å². The van der Waals surface area contributed by atoms with Crippen molar-refractivity contribution in [3.8, 4) is 0 Å². The van der Waals surface area contributed by atoms with Gasteiger partial charge >= 0.3 is 0 Å². The van der Waals surface area contributed by atoms with Crippen molar-refractivity contribution < 1.29 is 0 Å².